The Labute approximate surface area is 223 Å². The van der Waals surface area contributed by atoms with Gasteiger partial charge in [0.15, 0.2) is 0 Å². The highest BCUT2D eigenvalue weighted by molar-refractivity contribution is 5.90. The van der Waals surface area contributed by atoms with Gasteiger partial charge in [-0.05, 0) is 95.2 Å². The largest absolute Gasteiger partial charge is 0.464 e. The van der Waals surface area contributed by atoms with E-state index in [2.05, 4.69) is 4.90 Å². The molecule has 9 heteroatoms. The van der Waals surface area contributed by atoms with E-state index in [1.54, 1.807) is 0 Å². The van der Waals surface area contributed by atoms with Gasteiger partial charge in [-0.15, -0.1) is 0 Å². The quantitative estimate of drug-likeness (QED) is 0.302. The molecule has 1 aromatic rings. The van der Waals surface area contributed by atoms with Gasteiger partial charge >= 0.3 is 12.1 Å². The Morgan fingerprint density at radius 2 is 1.66 bits per heavy atom. The summed E-state index contributed by atoms with van der Waals surface area (Å²) in [6.07, 6.45) is 0.842. The van der Waals surface area contributed by atoms with E-state index in [1.807, 2.05) is 20.8 Å². The monoisotopic (exact) mass is 539 g/mol. The normalized spacial score (nSPS) is 30.3. The molecule has 0 amide bonds. The second-order valence-corrected chi connectivity index (χ2v) is 12.8. The van der Waals surface area contributed by atoms with E-state index in [9.17, 15) is 18.0 Å². The number of rotatable bonds is 8. The zero-order valence-corrected chi connectivity index (χ0v) is 22.6. The second kappa shape index (κ2) is 10.6. The van der Waals surface area contributed by atoms with Gasteiger partial charge in [-0.1, -0.05) is 0 Å². The van der Waals surface area contributed by atoms with E-state index >= 15 is 0 Å². The molecular weight excluding hydrogens is 499 g/mol. The molecule has 1 aromatic carbocycles. The van der Waals surface area contributed by atoms with E-state index in [0.717, 1.165) is 44.5 Å². The Hall–Kier alpha value is -1.84. The van der Waals surface area contributed by atoms with Crippen LogP contribution in [0.1, 0.15) is 75.2 Å². The van der Waals surface area contributed by atoms with Gasteiger partial charge in [-0.3, -0.25) is 4.90 Å². The topological polar surface area (TPSA) is 57.2 Å². The van der Waals surface area contributed by atoms with Crippen molar-refractivity contribution < 1.29 is 36.9 Å². The zero-order valence-electron chi connectivity index (χ0n) is 22.6. The van der Waals surface area contributed by atoms with Crippen LogP contribution in [-0.4, -0.2) is 62.2 Å². The van der Waals surface area contributed by atoms with Gasteiger partial charge < -0.3 is 18.9 Å². The van der Waals surface area contributed by atoms with Crippen LogP contribution in [0.4, 0.5) is 13.2 Å². The molecule has 1 atom stereocenters. The zero-order chi connectivity index (χ0) is 27.1. The lowest BCUT2D eigenvalue weighted by Crippen LogP contribution is -2.55. The van der Waals surface area contributed by atoms with Crippen molar-refractivity contribution in [3.8, 4) is 5.75 Å². The van der Waals surface area contributed by atoms with Crippen molar-refractivity contribution in [2.75, 3.05) is 39.5 Å². The lowest BCUT2D eigenvalue weighted by Gasteiger charge is -2.59. The summed E-state index contributed by atoms with van der Waals surface area (Å²) in [7, 11) is 0. The first kappa shape index (κ1) is 27.7. The fraction of sp³-hybridized carbons (Fsp3) is 0.759. The summed E-state index contributed by atoms with van der Waals surface area (Å²) in [5.41, 5.74) is -1.80. The van der Waals surface area contributed by atoms with Gasteiger partial charge in [-0.2, -0.15) is 13.2 Å². The first-order chi connectivity index (χ1) is 17.9. The number of alkyl halides is 3. The molecule has 0 radical (unpaired) electrons. The molecule has 1 unspecified atom stereocenters. The van der Waals surface area contributed by atoms with E-state index in [-0.39, 0.29) is 23.3 Å². The first-order valence-corrected chi connectivity index (χ1v) is 13.9. The summed E-state index contributed by atoms with van der Waals surface area (Å²) in [5, 5.41) is 0. The lowest BCUT2D eigenvalue weighted by atomic mass is 9.49. The fourth-order valence-electron chi connectivity index (χ4n) is 7.33. The molecule has 1 saturated heterocycles. The average Bonchev–Trinajstić information content (AvgIpc) is 2.82. The number of morpholine rings is 1. The average molecular weight is 540 g/mol. The number of esters is 1. The third-order valence-corrected chi connectivity index (χ3v) is 8.55. The molecule has 1 aliphatic heterocycles. The molecule has 212 valence electrons. The van der Waals surface area contributed by atoms with Gasteiger partial charge in [0.2, 0.25) is 6.29 Å². The first-order valence-electron chi connectivity index (χ1n) is 13.9. The number of hydrogen-bond donors (Lipinski definition) is 0. The number of ether oxygens (including phenoxy) is 4. The maximum atomic E-state index is 14.1. The molecular formula is C29H40F3NO5. The van der Waals surface area contributed by atoms with Crippen LogP contribution in [0, 0.1) is 23.2 Å². The summed E-state index contributed by atoms with van der Waals surface area (Å²) in [4.78, 5) is 14.9. The molecule has 4 bridgehead atoms. The van der Waals surface area contributed by atoms with Gasteiger partial charge in [-0.25, -0.2) is 4.79 Å². The van der Waals surface area contributed by atoms with Crippen LogP contribution in [0.25, 0.3) is 0 Å². The number of nitrogens with zero attached hydrogens (tertiary/aromatic N) is 1. The van der Waals surface area contributed by atoms with Crippen molar-refractivity contribution >= 4 is 5.97 Å². The summed E-state index contributed by atoms with van der Waals surface area (Å²) < 4.78 is 65.6. The van der Waals surface area contributed by atoms with E-state index < -0.39 is 29.6 Å². The predicted octanol–water partition coefficient (Wildman–Crippen LogP) is 5.93. The number of carbonyl (C=O) groups excluding carboxylic acids is 1. The Morgan fingerprint density at radius 1 is 1.05 bits per heavy atom. The van der Waals surface area contributed by atoms with Crippen LogP contribution in [0.5, 0.6) is 5.75 Å². The van der Waals surface area contributed by atoms with Crippen LogP contribution in [0.15, 0.2) is 18.2 Å². The molecule has 4 aliphatic carbocycles. The smallest absolute Gasteiger partial charge is 0.419 e. The molecule has 6 rings (SSSR count). The van der Waals surface area contributed by atoms with Crippen molar-refractivity contribution in [3.63, 3.8) is 0 Å². The highest BCUT2D eigenvalue weighted by Crippen LogP contribution is 2.62. The van der Waals surface area contributed by atoms with Crippen molar-refractivity contribution in [2.45, 2.75) is 77.4 Å². The summed E-state index contributed by atoms with van der Waals surface area (Å²) >= 11 is 0. The standard InChI is InChI=1S/C29H40F3NO5/c1-27(2,3)38-26(28-16-19-12-20(17-28)14-21(13-19)18-28)37-24-15-22(4-5-23(24)29(30,31)32)25(34)36-11-8-33-6-9-35-10-7-33/h4-5,15,19-21,26H,6-14,16-18H2,1-3H3. The molecule has 0 spiro atoms. The number of hydrogen-bond acceptors (Lipinski definition) is 6. The Morgan fingerprint density at radius 3 is 2.21 bits per heavy atom. The van der Waals surface area contributed by atoms with Crippen LogP contribution in [0.2, 0.25) is 0 Å². The lowest BCUT2D eigenvalue weighted by molar-refractivity contribution is -0.250. The third-order valence-electron chi connectivity index (χ3n) is 8.55. The summed E-state index contributed by atoms with van der Waals surface area (Å²) in [6.45, 7) is 9.19. The van der Waals surface area contributed by atoms with Gasteiger partial charge in [0.1, 0.15) is 12.4 Å². The van der Waals surface area contributed by atoms with E-state index in [4.69, 9.17) is 18.9 Å². The third kappa shape index (κ3) is 6.31. The molecule has 38 heavy (non-hydrogen) atoms. The number of benzene rings is 1. The Balaban J connectivity index is 1.37. The van der Waals surface area contributed by atoms with Crippen molar-refractivity contribution in [1.82, 2.24) is 4.90 Å². The van der Waals surface area contributed by atoms with E-state index in [1.165, 1.54) is 25.3 Å². The molecule has 6 nitrogen and oxygen atoms in total. The van der Waals surface area contributed by atoms with Gasteiger partial charge in [0.05, 0.1) is 29.9 Å². The van der Waals surface area contributed by atoms with Crippen LogP contribution in [-0.2, 0) is 20.4 Å². The molecule has 0 N–H and O–H groups in total. The number of halogens is 3. The van der Waals surface area contributed by atoms with Crippen LogP contribution in [0.3, 0.4) is 0 Å². The molecule has 5 fully saturated rings. The van der Waals surface area contributed by atoms with E-state index in [0.29, 0.717) is 37.5 Å². The predicted molar refractivity (Wildman–Crippen MR) is 135 cm³/mol. The van der Waals surface area contributed by atoms with Crippen molar-refractivity contribution in [3.05, 3.63) is 29.3 Å². The Bertz CT molecular complexity index is 964. The molecule has 0 aromatic heterocycles. The highest BCUT2D eigenvalue weighted by Gasteiger charge is 2.56. The number of carbonyl (C=O) groups is 1. The second-order valence-electron chi connectivity index (χ2n) is 12.8. The maximum Gasteiger partial charge on any atom is 0.419 e. The van der Waals surface area contributed by atoms with Crippen molar-refractivity contribution in [2.24, 2.45) is 23.2 Å². The minimum atomic E-state index is -4.64. The Kier molecular flexibility index (Phi) is 7.74. The van der Waals surface area contributed by atoms with Gasteiger partial charge in [0.25, 0.3) is 0 Å². The highest BCUT2D eigenvalue weighted by atomic mass is 19.4. The summed E-state index contributed by atoms with van der Waals surface area (Å²) in [5.74, 6) is 0.687. The molecule has 5 aliphatic rings. The SMILES string of the molecule is CC(C)(C)OC(Oc1cc(C(=O)OCCN2CCOCC2)ccc1C(F)(F)F)C12CC3CC(CC(C3)C1)C2. The molecule has 1 heterocycles. The van der Waals surface area contributed by atoms with Gasteiger partial charge in [0, 0.05) is 25.0 Å². The van der Waals surface area contributed by atoms with Crippen LogP contribution < -0.4 is 4.74 Å². The maximum absolute atomic E-state index is 14.1. The molecule has 4 saturated carbocycles. The van der Waals surface area contributed by atoms with Crippen molar-refractivity contribution in [1.29, 1.82) is 0 Å². The minimum Gasteiger partial charge on any atom is -0.464 e. The summed E-state index contributed by atoms with van der Waals surface area (Å²) in [6, 6.07) is 3.26. The minimum absolute atomic E-state index is 0.0370. The fourth-order valence-corrected chi connectivity index (χ4v) is 7.33. The van der Waals surface area contributed by atoms with Crippen LogP contribution >= 0.6 is 0 Å².